The molecule has 4 nitrogen and oxygen atoms in total. The van der Waals surface area contributed by atoms with Gasteiger partial charge in [0, 0.05) is 0 Å². The molecular formula is C14H13FN2O2. The van der Waals surface area contributed by atoms with Crippen molar-refractivity contribution in [2.24, 2.45) is 0 Å². The van der Waals surface area contributed by atoms with Crippen LogP contribution in [0.15, 0.2) is 48.5 Å². The molecule has 2 aromatic rings. The maximum Gasteiger partial charge on any atom is 0.273 e. The Labute approximate surface area is 110 Å². The van der Waals surface area contributed by atoms with E-state index >= 15 is 0 Å². The van der Waals surface area contributed by atoms with E-state index in [9.17, 15) is 9.18 Å². The summed E-state index contributed by atoms with van der Waals surface area (Å²) in [6, 6.07) is 12.9. The molecule has 0 saturated heterocycles. The van der Waals surface area contributed by atoms with Crippen molar-refractivity contribution >= 4 is 11.6 Å². The topological polar surface area (TPSA) is 50.4 Å². The zero-order chi connectivity index (χ0) is 13.7. The largest absolute Gasteiger partial charge is 0.496 e. The standard InChI is InChI=1S/C14H13FN2O2/c1-19-13-9-5-2-6-10(13)14(18)17-16-12-8-4-3-7-11(12)15/h2-9,16H,1H3,(H,17,18). The Kier molecular flexibility index (Phi) is 3.97. The summed E-state index contributed by atoms with van der Waals surface area (Å²) in [5.41, 5.74) is 5.52. The fourth-order valence-corrected chi connectivity index (χ4v) is 1.59. The van der Waals surface area contributed by atoms with E-state index in [4.69, 9.17) is 4.74 Å². The Morgan fingerprint density at radius 2 is 1.79 bits per heavy atom. The number of nitrogens with one attached hydrogen (secondary N) is 2. The summed E-state index contributed by atoms with van der Waals surface area (Å²) < 4.78 is 18.4. The van der Waals surface area contributed by atoms with Gasteiger partial charge in [0.05, 0.1) is 18.4 Å². The predicted molar refractivity (Wildman–Crippen MR) is 70.5 cm³/mol. The maximum atomic E-state index is 13.3. The summed E-state index contributed by atoms with van der Waals surface area (Å²) in [4.78, 5) is 11.9. The molecule has 1 amide bonds. The molecule has 0 aliphatic heterocycles. The van der Waals surface area contributed by atoms with Gasteiger partial charge in [-0.05, 0) is 24.3 Å². The van der Waals surface area contributed by atoms with Crippen molar-refractivity contribution in [1.82, 2.24) is 5.43 Å². The predicted octanol–water partition coefficient (Wildman–Crippen LogP) is 2.59. The Bertz CT molecular complexity index is 587. The summed E-state index contributed by atoms with van der Waals surface area (Å²) in [7, 11) is 1.48. The normalized spacial score (nSPS) is 9.79. The van der Waals surface area contributed by atoms with E-state index in [1.165, 1.54) is 19.2 Å². The number of hydrazine groups is 1. The van der Waals surface area contributed by atoms with Crippen molar-refractivity contribution < 1.29 is 13.9 Å². The second kappa shape index (κ2) is 5.86. The fourth-order valence-electron chi connectivity index (χ4n) is 1.59. The van der Waals surface area contributed by atoms with Crippen LogP contribution in [0.5, 0.6) is 5.75 Å². The van der Waals surface area contributed by atoms with Crippen LogP contribution in [0.4, 0.5) is 10.1 Å². The highest BCUT2D eigenvalue weighted by Gasteiger charge is 2.11. The minimum absolute atomic E-state index is 0.200. The molecule has 98 valence electrons. The van der Waals surface area contributed by atoms with Crippen molar-refractivity contribution in [1.29, 1.82) is 0 Å². The summed E-state index contributed by atoms with van der Waals surface area (Å²) in [5, 5.41) is 0. The molecule has 0 unspecified atom stereocenters. The van der Waals surface area contributed by atoms with Gasteiger partial charge >= 0.3 is 0 Å². The first kappa shape index (κ1) is 12.9. The number of carbonyl (C=O) groups is 1. The molecule has 0 bridgehead atoms. The minimum Gasteiger partial charge on any atom is -0.496 e. The van der Waals surface area contributed by atoms with E-state index < -0.39 is 11.7 Å². The fraction of sp³-hybridized carbons (Fsp3) is 0.0714. The minimum atomic E-state index is -0.442. The molecule has 2 aromatic carbocycles. The highest BCUT2D eigenvalue weighted by molar-refractivity contribution is 5.97. The third-order valence-electron chi connectivity index (χ3n) is 2.54. The first-order valence-electron chi connectivity index (χ1n) is 5.66. The van der Waals surface area contributed by atoms with Gasteiger partial charge in [0.25, 0.3) is 5.91 Å². The second-order valence-corrected chi connectivity index (χ2v) is 3.76. The van der Waals surface area contributed by atoms with Gasteiger partial charge in [-0.1, -0.05) is 24.3 Å². The number of methoxy groups -OCH3 is 1. The summed E-state index contributed by atoms with van der Waals surface area (Å²) >= 11 is 0. The Hall–Kier alpha value is -2.56. The van der Waals surface area contributed by atoms with E-state index in [-0.39, 0.29) is 5.69 Å². The molecule has 0 saturated carbocycles. The lowest BCUT2D eigenvalue weighted by Gasteiger charge is -2.11. The van der Waals surface area contributed by atoms with Crippen LogP contribution in [0.1, 0.15) is 10.4 Å². The van der Waals surface area contributed by atoms with Gasteiger partial charge in [-0.15, -0.1) is 0 Å². The zero-order valence-corrected chi connectivity index (χ0v) is 10.3. The molecule has 0 atom stereocenters. The third kappa shape index (κ3) is 3.01. The van der Waals surface area contributed by atoms with Gasteiger partial charge < -0.3 is 4.74 Å². The number of carbonyl (C=O) groups excluding carboxylic acids is 1. The number of para-hydroxylation sites is 2. The number of anilines is 1. The van der Waals surface area contributed by atoms with Gasteiger partial charge in [0.15, 0.2) is 0 Å². The molecule has 0 spiro atoms. The molecule has 2 N–H and O–H groups in total. The molecule has 0 heterocycles. The summed E-state index contributed by atoms with van der Waals surface area (Å²) in [6.45, 7) is 0. The van der Waals surface area contributed by atoms with E-state index in [1.54, 1.807) is 36.4 Å². The third-order valence-corrected chi connectivity index (χ3v) is 2.54. The lowest BCUT2D eigenvalue weighted by Crippen LogP contribution is -2.30. The van der Waals surface area contributed by atoms with Crippen molar-refractivity contribution in [3.05, 3.63) is 59.9 Å². The molecule has 0 aliphatic rings. The number of amides is 1. The quantitative estimate of drug-likeness (QED) is 0.831. The lowest BCUT2D eigenvalue weighted by molar-refractivity contribution is 0.0959. The van der Waals surface area contributed by atoms with E-state index in [0.29, 0.717) is 11.3 Å². The first-order chi connectivity index (χ1) is 9.22. The van der Waals surface area contributed by atoms with Gasteiger partial charge in [-0.3, -0.25) is 15.6 Å². The van der Waals surface area contributed by atoms with Crippen LogP contribution in [-0.4, -0.2) is 13.0 Å². The molecule has 2 rings (SSSR count). The van der Waals surface area contributed by atoms with Crippen LogP contribution in [0, 0.1) is 5.82 Å². The van der Waals surface area contributed by atoms with Crippen molar-refractivity contribution in [2.75, 3.05) is 12.5 Å². The van der Waals surface area contributed by atoms with Gasteiger partial charge in [0.2, 0.25) is 0 Å². The lowest BCUT2D eigenvalue weighted by atomic mass is 10.2. The molecule has 0 aromatic heterocycles. The van der Waals surface area contributed by atoms with Gasteiger partial charge in [0.1, 0.15) is 11.6 Å². The number of ether oxygens (including phenoxy) is 1. The molecule has 0 fully saturated rings. The summed E-state index contributed by atoms with van der Waals surface area (Å²) in [6.07, 6.45) is 0. The Morgan fingerprint density at radius 1 is 1.11 bits per heavy atom. The molecule has 0 aliphatic carbocycles. The van der Waals surface area contributed by atoms with E-state index in [1.807, 2.05) is 0 Å². The van der Waals surface area contributed by atoms with Crippen LogP contribution in [0.25, 0.3) is 0 Å². The van der Waals surface area contributed by atoms with Crippen molar-refractivity contribution in [2.45, 2.75) is 0 Å². The molecule has 0 radical (unpaired) electrons. The smallest absolute Gasteiger partial charge is 0.273 e. The Morgan fingerprint density at radius 3 is 2.53 bits per heavy atom. The molecule has 19 heavy (non-hydrogen) atoms. The average molecular weight is 260 g/mol. The zero-order valence-electron chi connectivity index (χ0n) is 10.3. The second-order valence-electron chi connectivity index (χ2n) is 3.76. The SMILES string of the molecule is COc1ccccc1C(=O)NNc1ccccc1F. The maximum absolute atomic E-state index is 13.3. The molecular weight excluding hydrogens is 247 g/mol. The van der Waals surface area contributed by atoms with Gasteiger partial charge in [-0.2, -0.15) is 0 Å². The average Bonchev–Trinajstić information content (AvgIpc) is 2.46. The monoisotopic (exact) mass is 260 g/mol. The summed E-state index contributed by atoms with van der Waals surface area (Å²) in [5.74, 6) is -0.390. The van der Waals surface area contributed by atoms with Crippen LogP contribution in [0.2, 0.25) is 0 Å². The van der Waals surface area contributed by atoms with E-state index in [0.717, 1.165) is 0 Å². The number of halogens is 1. The number of rotatable bonds is 4. The van der Waals surface area contributed by atoms with Crippen LogP contribution < -0.4 is 15.6 Å². The van der Waals surface area contributed by atoms with Crippen LogP contribution in [-0.2, 0) is 0 Å². The van der Waals surface area contributed by atoms with Crippen LogP contribution >= 0.6 is 0 Å². The number of hydrogen-bond acceptors (Lipinski definition) is 3. The van der Waals surface area contributed by atoms with Gasteiger partial charge in [-0.25, -0.2) is 4.39 Å². The highest BCUT2D eigenvalue weighted by atomic mass is 19.1. The van der Waals surface area contributed by atoms with Crippen molar-refractivity contribution in [3.63, 3.8) is 0 Å². The molecule has 5 heteroatoms. The Balaban J connectivity index is 2.08. The van der Waals surface area contributed by atoms with E-state index in [2.05, 4.69) is 10.9 Å². The number of hydrogen-bond donors (Lipinski definition) is 2. The highest BCUT2D eigenvalue weighted by Crippen LogP contribution is 2.17. The first-order valence-corrected chi connectivity index (χ1v) is 5.66. The number of benzene rings is 2. The van der Waals surface area contributed by atoms with Crippen molar-refractivity contribution in [3.8, 4) is 5.75 Å². The van der Waals surface area contributed by atoms with Crippen LogP contribution in [0.3, 0.4) is 0 Å².